The average molecular weight is 445 g/mol. The minimum Gasteiger partial charge on any atom is -0.494 e. The lowest BCUT2D eigenvalue weighted by atomic mass is 10.2. The van der Waals surface area contributed by atoms with E-state index in [-0.39, 0.29) is 33.3 Å². The quantitative estimate of drug-likeness (QED) is 0.421. The summed E-state index contributed by atoms with van der Waals surface area (Å²) < 4.78 is 45.3. The van der Waals surface area contributed by atoms with Gasteiger partial charge >= 0.3 is 0 Å². The summed E-state index contributed by atoms with van der Waals surface area (Å²) >= 11 is 0. The molecule has 1 amide bonds. The Bertz CT molecular complexity index is 1250. The van der Waals surface area contributed by atoms with E-state index in [4.69, 9.17) is 4.74 Å². The van der Waals surface area contributed by atoms with Gasteiger partial charge in [0.15, 0.2) is 0 Å². The number of anilines is 2. The normalized spacial score (nSPS) is 10.9. The van der Waals surface area contributed by atoms with Crippen LogP contribution in [-0.2, 0) is 10.0 Å². The van der Waals surface area contributed by atoms with Crippen LogP contribution in [0.1, 0.15) is 10.4 Å². The van der Waals surface area contributed by atoms with Crippen LogP contribution in [0.5, 0.6) is 5.75 Å². The number of nitro benzene ring substituents is 1. The second-order valence-electron chi connectivity index (χ2n) is 6.24. The van der Waals surface area contributed by atoms with Crippen LogP contribution in [0.2, 0.25) is 0 Å². The number of amides is 1. The van der Waals surface area contributed by atoms with Gasteiger partial charge in [0, 0.05) is 17.3 Å². The maximum atomic E-state index is 13.0. The molecule has 0 bridgehead atoms. The van der Waals surface area contributed by atoms with Gasteiger partial charge in [0.05, 0.1) is 28.7 Å². The van der Waals surface area contributed by atoms with E-state index < -0.39 is 26.7 Å². The first kappa shape index (κ1) is 21.7. The number of benzene rings is 3. The van der Waals surface area contributed by atoms with Crippen LogP contribution in [0.3, 0.4) is 0 Å². The average Bonchev–Trinajstić information content (AvgIpc) is 2.74. The molecule has 2 N–H and O–H groups in total. The zero-order chi connectivity index (χ0) is 22.6. The molecule has 0 aliphatic heterocycles. The molecule has 0 aliphatic rings. The highest BCUT2D eigenvalue weighted by Crippen LogP contribution is 2.29. The summed E-state index contributed by atoms with van der Waals surface area (Å²) in [5.41, 5.74) is 0.245. The molecule has 3 rings (SSSR count). The molecule has 0 aromatic heterocycles. The second kappa shape index (κ2) is 8.79. The van der Waals surface area contributed by atoms with Gasteiger partial charge in [0.1, 0.15) is 11.6 Å². The van der Waals surface area contributed by atoms with E-state index in [1.807, 2.05) is 0 Å². The number of hydrogen-bond acceptors (Lipinski definition) is 6. The highest BCUT2D eigenvalue weighted by Gasteiger charge is 2.17. The highest BCUT2D eigenvalue weighted by molar-refractivity contribution is 7.92. The van der Waals surface area contributed by atoms with E-state index in [1.54, 1.807) is 0 Å². The van der Waals surface area contributed by atoms with Crippen molar-refractivity contribution in [3.8, 4) is 5.75 Å². The molecule has 9 nitrogen and oxygen atoms in total. The Balaban J connectivity index is 1.81. The molecule has 0 saturated carbocycles. The number of nitrogens with one attached hydrogen (secondary N) is 2. The first-order valence-corrected chi connectivity index (χ1v) is 10.2. The van der Waals surface area contributed by atoms with Crippen molar-refractivity contribution in [2.75, 3.05) is 17.1 Å². The minimum atomic E-state index is -3.99. The Morgan fingerprint density at radius 3 is 2.42 bits per heavy atom. The third kappa shape index (κ3) is 5.14. The van der Waals surface area contributed by atoms with Crippen LogP contribution in [0.15, 0.2) is 71.6 Å². The zero-order valence-electron chi connectivity index (χ0n) is 16.0. The molecule has 160 valence electrons. The Hall–Kier alpha value is -3.99. The predicted molar refractivity (Wildman–Crippen MR) is 111 cm³/mol. The Kier molecular flexibility index (Phi) is 6.16. The van der Waals surface area contributed by atoms with Crippen molar-refractivity contribution < 1.29 is 27.3 Å². The number of nitro groups is 1. The first-order chi connectivity index (χ1) is 14.7. The lowest BCUT2D eigenvalue weighted by Gasteiger charge is -2.12. The van der Waals surface area contributed by atoms with Gasteiger partial charge in [0.2, 0.25) is 0 Å². The molecule has 0 spiro atoms. The Morgan fingerprint density at radius 2 is 1.77 bits per heavy atom. The zero-order valence-corrected chi connectivity index (χ0v) is 16.9. The molecular formula is C20H16FN3O6S. The standard InChI is InChI=1S/C20H16FN3O6S/c1-30-19-12-16(24(26)27)7-10-18(19)22-20(25)13-3-2-4-15(11-13)23-31(28,29)17-8-5-14(21)6-9-17/h2-12,23H,1H3,(H,22,25). The van der Waals surface area contributed by atoms with Crippen molar-refractivity contribution in [1.29, 1.82) is 0 Å². The van der Waals surface area contributed by atoms with Crippen LogP contribution >= 0.6 is 0 Å². The number of halogens is 1. The van der Waals surface area contributed by atoms with Gasteiger partial charge in [-0.1, -0.05) is 6.07 Å². The van der Waals surface area contributed by atoms with Gasteiger partial charge < -0.3 is 10.1 Å². The third-order valence-electron chi connectivity index (χ3n) is 4.15. The van der Waals surface area contributed by atoms with E-state index in [0.717, 1.165) is 24.3 Å². The maximum absolute atomic E-state index is 13.0. The molecule has 3 aromatic rings. The first-order valence-electron chi connectivity index (χ1n) is 8.72. The third-order valence-corrected chi connectivity index (χ3v) is 5.54. The van der Waals surface area contributed by atoms with Crippen molar-refractivity contribution in [3.05, 3.63) is 88.2 Å². The smallest absolute Gasteiger partial charge is 0.273 e. The lowest BCUT2D eigenvalue weighted by Crippen LogP contribution is -2.15. The summed E-state index contributed by atoms with van der Waals surface area (Å²) in [6.07, 6.45) is 0. The van der Waals surface area contributed by atoms with Crippen LogP contribution < -0.4 is 14.8 Å². The molecule has 11 heteroatoms. The van der Waals surface area contributed by atoms with E-state index >= 15 is 0 Å². The van der Waals surface area contributed by atoms with Crippen molar-refractivity contribution >= 4 is 33.0 Å². The number of non-ortho nitro benzene ring substituents is 1. The highest BCUT2D eigenvalue weighted by atomic mass is 32.2. The maximum Gasteiger partial charge on any atom is 0.273 e. The molecule has 0 unspecified atom stereocenters. The molecule has 0 heterocycles. The number of ether oxygens (including phenoxy) is 1. The van der Waals surface area contributed by atoms with Crippen molar-refractivity contribution in [1.82, 2.24) is 0 Å². The van der Waals surface area contributed by atoms with Crippen molar-refractivity contribution in [3.63, 3.8) is 0 Å². The molecule has 31 heavy (non-hydrogen) atoms. The predicted octanol–water partition coefficient (Wildman–Crippen LogP) is 3.80. The summed E-state index contributed by atoms with van der Waals surface area (Å²) in [7, 11) is -2.68. The summed E-state index contributed by atoms with van der Waals surface area (Å²) in [4.78, 5) is 22.8. The Labute approximate surface area is 176 Å². The second-order valence-corrected chi connectivity index (χ2v) is 7.92. The largest absolute Gasteiger partial charge is 0.494 e. The number of carbonyl (C=O) groups is 1. The monoisotopic (exact) mass is 445 g/mol. The van der Waals surface area contributed by atoms with E-state index in [0.29, 0.717) is 0 Å². The number of carbonyl (C=O) groups excluding carboxylic acids is 1. The molecular weight excluding hydrogens is 429 g/mol. The van der Waals surface area contributed by atoms with Crippen LogP contribution in [0, 0.1) is 15.9 Å². The molecule has 0 radical (unpaired) electrons. The summed E-state index contributed by atoms with van der Waals surface area (Å²) in [6, 6.07) is 13.7. The fourth-order valence-corrected chi connectivity index (χ4v) is 3.69. The number of methoxy groups -OCH3 is 1. The summed E-state index contributed by atoms with van der Waals surface area (Å²) in [5, 5.41) is 13.4. The number of rotatable bonds is 7. The van der Waals surface area contributed by atoms with Crippen molar-refractivity contribution in [2.24, 2.45) is 0 Å². The van der Waals surface area contributed by atoms with Gasteiger partial charge in [-0.05, 0) is 48.5 Å². The van der Waals surface area contributed by atoms with Gasteiger partial charge in [0.25, 0.3) is 21.6 Å². The van der Waals surface area contributed by atoms with Gasteiger partial charge in [-0.15, -0.1) is 0 Å². The SMILES string of the molecule is COc1cc([N+](=O)[O-])ccc1NC(=O)c1cccc(NS(=O)(=O)c2ccc(F)cc2)c1. The van der Waals surface area contributed by atoms with Crippen LogP contribution in [0.4, 0.5) is 21.5 Å². The minimum absolute atomic E-state index is 0.0933. The van der Waals surface area contributed by atoms with E-state index in [9.17, 15) is 27.7 Å². The van der Waals surface area contributed by atoms with Crippen LogP contribution in [0.25, 0.3) is 0 Å². The fourth-order valence-electron chi connectivity index (χ4n) is 2.64. The topological polar surface area (TPSA) is 128 Å². The summed E-state index contributed by atoms with van der Waals surface area (Å²) in [5.74, 6) is -1.06. The fraction of sp³-hybridized carbons (Fsp3) is 0.0500. The van der Waals surface area contributed by atoms with Crippen LogP contribution in [-0.4, -0.2) is 26.4 Å². The molecule has 0 atom stereocenters. The van der Waals surface area contributed by atoms with Crippen molar-refractivity contribution in [2.45, 2.75) is 4.90 Å². The van der Waals surface area contributed by atoms with Gasteiger partial charge in [-0.2, -0.15) is 0 Å². The lowest BCUT2D eigenvalue weighted by molar-refractivity contribution is -0.384. The summed E-state index contributed by atoms with van der Waals surface area (Å²) in [6.45, 7) is 0. The van der Waals surface area contributed by atoms with E-state index in [1.165, 1.54) is 49.6 Å². The Morgan fingerprint density at radius 1 is 1.06 bits per heavy atom. The molecule has 0 fully saturated rings. The molecule has 0 aliphatic carbocycles. The number of hydrogen-bond donors (Lipinski definition) is 2. The number of nitrogens with zero attached hydrogens (tertiary/aromatic N) is 1. The molecule has 0 saturated heterocycles. The van der Waals surface area contributed by atoms with Gasteiger partial charge in [-0.3, -0.25) is 19.6 Å². The van der Waals surface area contributed by atoms with E-state index in [2.05, 4.69) is 10.0 Å². The molecule has 3 aromatic carbocycles. The van der Waals surface area contributed by atoms with Gasteiger partial charge in [-0.25, -0.2) is 12.8 Å². The number of sulfonamides is 1.